The second-order valence-electron chi connectivity index (χ2n) is 29.5. The van der Waals surface area contributed by atoms with Gasteiger partial charge in [-0.15, -0.1) is 143 Å². The molecule has 0 aliphatic heterocycles. The molecule has 0 saturated carbocycles. The Morgan fingerprint density at radius 3 is 1.46 bits per heavy atom. The van der Waals surface area contributed by atoms with Crippen LogP contribution >= 0.6 is 11.3 Å². The van der Waals surface area contributed by atoms with Gasteiger partial charge in [0, 0.05) is 159 Å². The van der Waals surface area contributed by atoms with Gasteiger partial charge < -0.3 is 39.5 Å². The van der Waals surface area contributed by atoms with Crippen LogP contribution in [0.1, 0.15) is 49.1 Å². The summed E-state index contributed by atoms with van der Waals surface area (Å²) in [5, 5.41) is 44.0. The number of aryl methyl sites for hydroxylation is 4. The van der Waals surface area contributed by atoms with Crippen molar-refractivity contribution in [1.82, 2.24) is 69.5 Å². The van der Waals surface area contributed by atoms with Crippen molar-refractivity contribution >= 4 is 75.3 Å². The van der Waals surface area contributed by atoms with Crippen molar-refractivity contribution in [1.29, 1.82) is 0 Å². The molecule has 0 fully saturated rings. The quantitative estimate of drug-likeness (QED) is 0.120. The summed E-state index contributed by atoms with van der Waals surface area (Å²) in [6.45, 7) is 14.5. The van der Waals surface area contributed by atoms with Crippen molar-refractivity contribution in [2.45, 2.75) is 53.9 Å². The van der Waals surface area contributed by atoms with E-state index in [-0.39, 0.29) is 68.6 Å². The number of hydrogen-bond donors (Lipinski definition) is 0. The fourth-order valence-electron chi connectivity index (χ4n) is 14.2. The number of benzene rings is 13. The fraction of sp³-hybridized carbons (Fsp3) is 0.0777. The third-order valence-corrected chi connectivity index (χ3v) is 21.3. The predicted octanol–water partition coefficient (Wildman–Crippen LogP) is 23.8. The van der Waals surface area contributed by atoms with E-state index in [1.807, 2.05) is 169 Å². The Balaban J connectivity index is 0.000000123. The number of rotatable bonds is 10. The predicted molar refractivity (Wildman–Crippen MR) is 479 cm³/mol. The van der Waals surface area contributed by atoms with Crippen LogP contribution in [0.5, 0.6) is 0 Å². The number of fused-ring (bicyclic) bond motifs is 9. The van der Waals surface area contributed by atoms with Gasteiger partial charge in [0.05, 0.1) is 16.7 Å². The second kappa shape index (κ2) is 39.0. The van der Waals surface area contributed by atoms with Crippen molar-refractivity contribution < 1.29 is 67.6 Å². The monoisotopic (exact) mass is 2140 g/mol. The van der Waals surface area contributed by atoms with E-state index >= 15 is 0 Å². The summed E-state index contributed by atoms with van der Waals surface area (Å²) in [4.78, 5) is 3.93. The van der Waals surface area contributed by atoms with E-state index in [1.54, 1.807) is 17.1 Å². The molecule has 22 aromatic rings. The molecule has 19 heteroatoms. The van der Waals surface area contributed by atoms with E-state index in [2.05, 4.69) is 314 Å². The van der Waals surface area contributed by atoms with Gasteiger partial charge in [-0.25, -0.2) is 11.4 Å². The van der Waals surface area contributed by atoms with Crippen LogP contribution in [-0.4, -0.2) is 54.2 Å². The number of thiophene rings is 1. The molecule has 9 heterocycles. The van der Waals surface area contributed by atoms with Crippen LogP contribution in [0, 0.1) is 64.1 Å². The largest absolute Gasteiger partial charge is 0.619 e. The van der Waals surface area contributed by atoms with Gasteiger partial charge in [-0.2, -0.15) is 86.6 Å². The maximum Gasteiger partial charge on any atom is 0.135 e. The van der Waals surface area contributed by atoms with Gasteiger partial charge in [-0.05, 0) is 117 Å². The zero-order valence-electron chi connectivity index (χ0n) is 67.4. The first kappa shape index (κ1) is 85.4. The molecule has 13 aromatic carbocycles. The Morgan fingerprint density at radius 2 is 0.910 bits per heavy atom. The molecule has 0 radical (unpaired) electrons. The molecule has 15 nitrogen and oxygen atoms in total. The molecule has 0 spiro atoms. The number of furan rings is 1. The van der Waals surface area contributed by atoms with Crippen LogP contribution < -0.4 is 15.3 Å². The van der Waals surface area contributed by atoms with Crippen LogP contribution in [0.4, 0.5) is 0 Å². The summed E-state index contributed by atoms with van der Waals surface area (Å²) < 4.78 is 16.5. The van der Waals surface area contributed by atoms with Crippen molar-refractivity contribution in [3.8, 4) is 90.0 Å². The SMILES string of the molecule is Cc1cc(-c2[c-]cc(C(C)(C)C)cc2)[n-]n1.Cc1cc(-c2[c-]cccc2)[n-]n1.Cc1cc(C)n(-c2[c-]cc(-c3ccc4c5ccccc5n(-c5ccccc5)c4c3)cc2)n1.[Pt].[Pt].[Pt].[c-]1cc(-c2ccc3c(c2)oc2ccccc23)ccc1-n1cccn1.[c-]1cc(-c2ccc3c(c2)sc2ccccc23)ccc1-n1cccn1.[c-]1ccccc1-c1ncn[n-]1. The standard InChI is InChI=1S/C29H22N3.C21H13N2O.C21H13N2S.C14H16N2.C10H8N2.C8H5N3.3Pt/c1-20-18-21(2)32(30-20)25-15-12-22(13-16-25)23-14-17-27-26-10-6-7-11-28(26)31(29(27)19-23)24-8-4-3-5-9-24;2*1-2-5-20-18(4-1)19-11-8-16(14-21(19)24-20)15-6-9-17(10-7-15)23-13-3-12-22-23;1-10-9-13(16-15-10)11-5-7-12(8-6-11)14(2,3)4;1-8-7-10(12-11-8)9-5-3-2-4-6-9;1-2-4-7(5-3-1)8-9-6-10-11-8;;;/h3-15,17-19H,1-2H3;2*1-9,11-14H;5,7-9H,1-4H3;2-5,7H,1H3;1-4,6H;;;/q3*-1;3*-2;;;. The molecule has 9 aromatic heterocycles. The van der Waals surface area contributed by atoms with Gasteiger partial charge in [0.1, 0.15) is 11.2 Å². The Bertz CT molecular complexity index is 6910. The van der Waals surface area contributed by atoms with Crippen LogP contribution in [0.25, 0.3) is 154 Å². The maximum absolute atomic E-state index is 5.97. The summed E-state index contributed by atoms with van der Waals surface area (Å²) in [6.07, 6.45) is 8.80. The molecule has 0 aliphatic carbocycles. The summed E-state index contributed by atoms with van der Waals surface area (Å²) in [7, 11) is 0. The van der Waals surface area contributed by atoms with Crippen molar-refractivity contribution in [3.63, 3.8) is 0 Å². The topological polar surface area (TPSA) is 165 Å². The van der Waals surface area contributed by atoms with Crippen molar-refractivity contribution in [3.05, 3.63) is 405 Å². The zero-order chi connectivity index (χ0) is 81.2. The Hall–Kier alpha value is -13.1. The smallest absolute Gasteiger partial charge is 0.135 e. The van der Waals surface area contributed by atoms with Crippen LogP contribution in [-0.2, 0) is 68.6 Å². The molecule has 0 saturated heterocycles. The second-order valence-corrected chi connectivity index (χ2v) is 30.6. The summed E-state index contributed by atoms with van der Waals surface area (Å²) >= 11 is 1.85. The van der Waals surface area contributed by atoms with Crippen LogP contribution in [0.2, 0.25) is 0 Å². The molecule has 0 aliphatic rings. The third kappa shape index (κ3) is 19.5. The van der Waals surface area contributed by atoms with Gasteiger partial charge in [0.15, 0.2) is 0 Å². The number of nitrogens with zero attached hydrogens (tertiary/aromatic N) is 14. The third-order valence-electron chi connectivity index (χ3n) is 20.2. The van der Waals surface area contributed by atoms with Crippen LogP contribution in [0.3, 0.4) is 0 Å². The summed E-state index contributed by atoms with van der Waals surface area (Å²) in [5.41, 5.74) is 25.3. The molecule has 122 heavy (non-hydrogen) atoms. The van der Waals surface area contributed by atoms with Crippen LogP contribution in [0.15, 0.2) is 345 Å². The molecule has 0 N–H and O–H groups in total. The molecular weight excluding hydrogens is 2070 g/mol. The Kier molecular flexibility index (Phi) is 27.3. The van der Waals surface area contributed by atoms with E-state index in [0.29, 0.717) is 5.82 Å². The molecule has 0 atom stereocenters. The van der Waals surface area contributed by atoms with Gasteiger partial charge in [-0.3, -0.25) is 19.1 Å². The zero-order valence-corrected chi connectivity index (χ0v) is 75.0. The average molecular weight is 2140 g/mol. The molecule has 0 bridgehead atoms. The Morgan fingerprint density at radius 1 is 0.385 bits per heavy atom. The number of aromatic nitrogens is 14. The van der Waals surface area contributed by atoms with E-state index in [0.717, 1.165) is 107 Å². The maximum atomic E-state index is 5.97. The van der Waals surface area contributed by atoms with Gasteiger partial charge in [0.2, 0.25) is 0 Å². The average Bonchev–Trinajstić information content (AvgIpc) is 1.59. The molecule has 22 rings (SSSR count). The minimum absolute atomic E-state index is 0. The van der Waals surface area contributed by atoms with E-state index in [1.165, 1.54) is 76.2 Å². The van der Waals surface area contributed by atoms with Crippen molar-refractivity contribution in [2.24, 2.45) is 0 Å². The first-order chi connectivity index (χ1) is 58.2. The molecular formula is C103H77N14OPt3S-9. The number of para-hydroxylation sites is 3. The van der Waals surface area contributed by atoms with E-state index < -0.39 is 0 Å². The van der Waals surface area contributed by atoms with Gasteiger partial charge in [0.25, 0.3) is 0 Å². The first-order valence-electron chi connectivity index (χ1n) is 39.0. The molecule has 610 valence electrons. The van der Waals surface area contributed by atoms with Crippen molar-refractivity contribution in [2.75, 3.05) is 0 Å². The first-order valence-corrected chi connectivity index (χ1v) is 39.8. The van der Waals surface area contributed by atoms with Gasteiger partial charge in [-0.1, -0.05) is 159 Å². The fourth-order valence-corrected chi connectivity index (χ4v) is 15.3. The molecule has 0 amide bonds. The van der Waals surface area contributed by atoms with E-state index in [9.17, 15) is 0 Å². The Labute approximate surface area is 755 Å². The van der Waals surface area contributed by atoms with E-state index in [4.69, 9.17) is 4.42 Å². The minimum Gasteiger partial charge on any atom is -0.619 e. The normalized spacial score (nSPS) is 10.9. The summed E-state index contributed by atoms with van der Waals surface area (Å²) in [5.74, 6) is 0.630. The summed E-state index contributed by atoms with van der Waals surface area (Å²) in [6, 6.07) is 125. The molecule has 0 unspecified atom stereocenters. The minimum atomic E-state index is 0. The van der Waals surface area contributed by atoms with Gasteiger partial charge >= 0.3 is 0 Å². The number of hydrogen-bond acceptors (Lipinski definition) is 9.